The molecule has 5 heterocycles. The van der Waals surface area contributed by atoms with E-state index >= 15 is 4.39 Å². The van der Waals surface area contributed by atoms with Gasteiger partial charge >= 0.3 is 6.09 Å². The van der Waals surface area contributed by atoms with Crippen LogP contribution in [0.1, 0.15) is 44.1 Å². The Bertz CT molecular complexity index is 1520. The first kappa shape index (κ1) is 26.5. The molecule has 2 aromatic heterocycles. The number of carbonyl (C=O) groups excluding carboxylic acids is 1. The van der Waals surface area contributed by atoms with E-state index in [0.717, 1.165) is 41.5 Å². The van der Waals surface area contributed by atoms with Crippen LogP contribution in [0.5, 0.6) is 0 Å². The van der Waals surface area contributed by atoms with Gasteiger partial charge in [-0.25, -0.2) is 24.0 Å². The summed E-state index contributed by atoms with van der Waals surface area (Å²) in [4.78, 5) is 32.3. The van der Waals surface area contributed by atoms with Gasteiger partial charge in [0.2, 0.25) is 5.69 Å². The number of aromatic nitrogens is 2. The largest absolute Gasteiger partial charge is 0.444 e. The Kier molecular flexibility index (Phi) is 6.45. The second kappa shape index (κ2) is 9.73. The van der Waals surface area contributed by atoms with Crippen molar-refractivity contribution < 1.29 is 13.9 Å². The average Bonchev–Trinajstić information content (AvgIpc) is 3.53. The lowest BCUT2D eigenvalue weighted by atomic mass is 9.79. The fourth-order valence-electron chi connectivity index (χ4n) is 6.20. The van der Waals surface area contributed by atoms with Crippen LogP contribution in [0.3, 0.4) is 0 Å². The molecule has 1 aromatic carbocycles. The number of rotatable bonds is 3. The Morgan fingerprint density at radius 3 is 2.62 bits per heavy atom. The zero-order valence-electron chi connectivity index (χ0n) is 23.3. The predicted molar refractivity (Wildman–Crippen MR) is 155 cm³/mol. The summed E-state index contributed by atoms with van der Waals surface area (Å²) in [5.74, 6) is 0.278. The highest BCUT2D eigenvalue weighted by Crippen LogP contribution is 2.48. The van der Waals surface area contributed by atoms with Crippen LogP contribution in [0.4, 0.5) is 25.7 Å². The number of fused-ring (bicyclic) bond motifs is 1. The van der Waals surface area contributed by atoms with E-state index in [9.17, 15) is 4.79 Å². The van der Waals surface area contributed by atoms with E-state index in [-0.39, 0.29) is 17.3 Å². The summed E-state index contributed by atoms with van der Waals surface area (Å²) in [5.41, 5.74) is 5.61. The molecule has 2 fully saturated rings. The van der Waals surface area contributed by atoms with Crippen molar-refractivity contribution in [2.75, 3.05) is 42.5 Å². The highest BCUT2D eigenvalue weighted by Gasteiger charge is 2.51. The van der Waals surface area contributed by atoms with Crippen molar-refractivity contribution in [3.05, 3.63) is 64.0 Å². The summed E-state index contributed by atoms with van der Waals surface area (Å²) in [6.07, 6.45) is 1.27. The van der Waals surface area contributed by atoms with Gasteiger partial charge in [-0.3, -0.25) is 0 Å². The maximum absolute atomic E-state index is 15.2. The lowest BCUT2D eigenvalue weighted by molar-refractivity contribution is -0.0266. The van der Waals surface area contributed by atoms with Crippen molar-refractivity contribution in [1.29, 1.82) is 0 Å². The normalized spacial score (nSPS) is 17.9. The minimum atomic E-state index is -0.534. The number of hydrogen-bond acceptors (Lipinski definition) is 7. The van der Waals surface area contributed by atoms with Gasteiger partial charge in [0, 0.05) is 43.7 Å². The van der Waals surface area contributed by atoms with Gasteiger partial charge in [0.25, 0.3) is 0 Å². The van der Waals surface area contributed by atoms with Gasteiger partial charge in [-0.05, 0) is 57.7 Å². The summed E-state index contributed by atoms with van der Waals surface area (Å²) in [6.45, 7) is 19.8. The molecule has 3 aromatic rings. The van der Waals surface area contributed by atoms with E-state index in [1.807, 2.05) is 39.3 Å². The molecule has 10 heteroatoms. The number of likely N-dealkylation sites (tertiary alicyclic amines) is 1. The molecule has 3 aliphatic rings. The minimum Gasteiger partial charge on any atom is -0.444 e. The lowest BCUT2D eigenvalue weighted by Gasteiger charge is -2.47. The Hall–Kier alpha value is -3.71. The number of anilines is 2. The fourth-order valence-corrected chi connectivity index (χ4v) is 7.04. The third kappa shape index (κ3) is 4.66. The predicted octanol–water partition coefficient (Wildman–Crippen LogP) is 6.21. The summed E-state index contributed by atoms with van der Waals surface area (Å²) in [7, 11) is 0. The molecule has 0 radical (unpaired) electrons. The van der Waals surface area contributed by atoms with Crippen molar-refractivity contribution >= 4 is 33.9 Å². The first-order valence-corrected chi connectivity index (χ1v) is 14.5. The molecule has 8 nitrogen and oxygen atoms in total. The topological polar surface area (TPSA) is 66.2 Å². The maximum atomic E-state index is 15.2. The molecule has 0 aliphatic carbocycles. The van der Waals surface area contributed by atoms with Crippen LogP contribution in [-0.2, 0) is 17.7 Å². The number of benzene rings is 1. The van der Waals surface area contributed by atoms with Crippen molar-refractivity contribution in [2.45, 2.75) is 52.7 Å². The minimum absolute atomic E-state index is 0.0578. The molecule has 0 N–H and O–H groups in total. The van der Waals surface area contributed by atoms with Crippen LogP contribution in [0.25, 0.3) is 16.0 Å². The molecule has 0 bridgehead atoms. The first-order valence-electron chi connectivity index (χ1n) is 13.6. The number of thiazole rings is 1. The molecular weight excluding hydrogens is 527 g/mol. The van der Waals surface area contributed by atoms with Gasteiger partial charge < -0.3 is 19.4 Å². The van der Waals surface area contributed by atoms with Crippen LogP contribution in [0.15, 0.2) is 29.8 Å². The number of ether oxygens (including phenoxy) is 1. The Morgan fingerprint density at radius 1 is 1.18 bits per heavy atom. The number of pyridine rings is 1. The van der Waals surface area contributed by atoms with Crippen LogP contribution < -0.4 is 9.80 Å². The van der Waals surface area contributed by atoms with Crippen molar-refractivity contribution in [2.24, 2.45) is 5.41 Å². The standard InChI is InChI=1S/C30H33FN6O2S/c1-19-27(40-18-33-19)35-12-10-21-23(14-35)34-26(25(32-5)24(21)20-8-6-7-9-22(20)31)36-13-11-30(15-36)16-37(17-30)28(38)39-29(2,3)4/h6-9,18H,10-17H2,1-4H3. The van der Waals surface area contributed by atoms with Gasteiger partial charge in [-0.2, -0.15) is 0 Å². The van der Waals surface area contributed by atoms with Gasteiger partial charge in [0.15, 0.2) is 0 Å². The highest BCUT2D eigenvalue weighted by atomic mass is 32.1. The molecule has 3 aliphatic heterocycles. The number of halogens is 1. The Labute approximate surface area is 238 Å². The number of nitrogens with zero attached hydrogens (tertiary/aromatic N) is 6. The Morgan fingerprint density at radius 2 is 1.95 bits per heavy atom. The van der Waals surface area contributed by atoms with Crippen molar-refractivity contribution in [1.82, 2.24) is 14.9 Å². The summed E-state index contributed by atoms with van der Waals surface area (Å²) in [6, 6.07) is 6.71. The van der Waals surface area contributed by atoms with Gasteiger partial charge in [-0.15, -0.1) is 11.3 Å². The van der Waals surface area contributed by atoms with E-state index in [1.54, 1.807) is 28.4 Å². The van der Waals surface area contributed by atoms with Crippen molar-refractivity contribution in [3.8, 4) is 11.1 Å². The zero-order valence-corrected chi connectivity index (χ0v) is 24.1. The van der Waals surface area contributed by atoms with Gasteiger partial charge in [0.1, 0.15) is 22.2 Å². The molecule has 0 atom stereocenters. The molecule has 1 amide bonds. The SMILES string of the molecule is [C-]#[N+]c1c(N2CCC3(CN(C(=O)OC(C)(C)C)C3)C2)nc2c(c1-c1ccccc1F)CCN(c1scnc1C)C2. The van der Waals surface area contributed by atoms with E-state index in [1.165, 1.54) is 6.07 Å². The average molecular weight is 561 g/mol. The quantitative estimate of drug-likeness (QED) is 0.355. The third-order valence-corrected chi connectivity index (χ3v) is 9.00. The number of aryl methyl sites for hydroxylation is 1. The maximum Gasteiger partial charge on any atom is 0.410 e. The third-order valence-electron chi connectivity index (χ3n) is 8.02. The van der Waals surface area contributed by atoms with E-state index < -0.39 is 5.60 Å². The molecular formula is C30H33FN6O2S. The second-order valence-electron chi connectivity index (χ2n) is 12.1. The monoisotopic (exact) mass is 560 g/mol. The van der Waals surface area contributed by atoms with E-state index in [2.05, 4.69) is 19.6 Å². The molecule has 40 heavy (non-hydrogen) atoms. The van der Waals surface area contributed by atoms with Crippen LogP contribution in [0, 0.1) is 24.7 Å². The lowest BCUT2D eigenvalue weighted by Crippen LogP contribution is -2.60. The molecule has 2 saturated heterocycles. The van der Waals surface area contributed by atoms with Gasteiger partial charge in [-0.1, -0.05) is 18.2 Å². The number of carbonyl (C=O) groups is 1. The molecule has 208 valence electrons. The number of hydrogen-bond donors (Lipinski definition) is 0. The molecule has 0 saturated carbocycles. The highest BCUT2D eigenvalue weighted by molar-refractivity contribution is 7.14. The first-order chi connectivity index (χ1) is 19.1. The molecule has 1 spiro atoms. The van der Waals surface area contributed by atoms with E-state index in [4.69, 9.17) is 16.3 Å². The smallest absolute Gasteiger partial charge is 0.410 e. The zero-order chi connectivity index (χ0) is 28.2. The number of amides is 1. The summed E-state index contributed by atoms with van der Waals surface area (Å²) >= 11 is 1.61. The van der Waals surface area contributed by atoms with Gasteiger partial charge in [0.05, 0.1) is 30.0 Å². The molecule has 6 rings (SSSR count). The molecule has 0 unspecified atom stereocenters. The van der Waals surface area contributed by atoms with Crippen LogP contribution in [-0.4, -0.2) is 59.3 Å². The second-order valence-corrected chi connectivity index (χ2v) is 12.9. The van der Waals surface area contributed by atoms with Crippen LogP contribution >= 0.6 is 11.3 Å². The fraction of sp³-hybridized carbons (Fsp3) is 0.467. The summed E-state index contributed by atoms with van der Waals surface area (Å²) < 4.78 is 20.8. The van der Waals surface area contributed by atoms with E-state index in [0.29, 0.717) is 55.2 Å². The van der Waals surface area contributed by atoms with Crippen molar-refractivity contribution in [3.63, 3.8) is 0 Å². The summed E-state index contributed by atoms with van der Waals surface area (Å²) in [5, 5.41) is 1.12. The Balaban J connectivity index is 1.35. The van der Waals surface area contributed by atoms with Crippen LogP contribution in [0.2, 0.25) is 0 Å².